The number of amides is 2. The van der Waals surface area contributed by atoms with Crippen molar-refractivity contribution in [3.05, 3.63) is 28.7 Å². The predicted octanol–water partition coefficient (Wildman–Crippen LogP) is 3.47. The first-order valence-corrected chi connectivity index (χ1v) is 7.42. The molecule has 0 heterocycles. The number of benzene rings is 1. The molecule has 0 aliphatic heterocycles. The van der Waals surface area contributed by atoms with Crippen LogP contribution in [0, 0.1) is 0 Å². The van der Waals surface area contributed by atoms with E-state index in [1.54, 1.807) is 0 Å². The maximum atomic E-state index is 11.7. The normalized spacial score (nSPS) is 11.0. The molecule has 2 amide bonds. The first kappa shape index (κ1) is 16.7. The summed E-state index contributed by atoms with van der Waals surface area (Å²) in [4.78, 5) is 23.3. The zero-order valence-corrected chi connectivity index (χ0v) is 13.7. The van der Waals surface area contributed by atoms with Crippen molar-refractivity contribution in [3.63, 3.8) is 0 Å². The molecule has 0 atom stereocenters. The number of hydrogen-bond acceptors (Lipinski definition) is 2. The Morgan fingerprint density at radius 2 is 1.80 bits per heavy atom. The van der Waals surface area contributed by atoms with Gasteiger partial charge in [-0.2, -0.15) is 0 Å². The van der Waals surface area contributed by atoms with Gasteiger partial charge in [-0.1, -0.05) is 22.0 Å². The van der Waals surface area contributed by atoms with E-state index in [9.17, 15) is 9.59 Å². The average Bonchev–Trinajstić information content (AvgIpc) is 2.26. The Kier molecular flexibility index (Phi) is 6.20. The minimum Gasteiger partial charge on any atom is -0.352 e. The molecule has 1 aromatic carbocycles. The molecule has 0 unspecified atom stereocenters. The van der Waals surface area contributed by atoms with E-state index >= 15 is 0 Å². The van der Waals surface area contributed by atoms with Crippen LogP contribution >= 0.6 is 15.9 Å². The van der Waals surface area contributed by atoms with Crippen LogP contribution in [0.3, 0.4) is 0 Å². The van der Waals surface area contributed by atoms with Crippen LogP contribution in [-0.2, 0) is 9.59 Å². The van der Waals surface area contributed by atoms with Crippen LogP contribution < -0.4 is 10.6 Å². The molecule has 0 aliphatic carbocycles. The third-order valence-electron chi connectivity index (χ3n) is 2.43. The monoisotopic (exact) mass is 340 g/mol. The molecule has 0 bridgehead atoms. The Bertz CT molecular complexity index is 481. The molecule has 0 fully saturated rings. The molecule has 1 rings (SSSR count). The van der Waals surface area contributed by atoms with E-state index in [0.717, 1.165) is 10.2 Å². The molecular weight excluding hydrogens is 320 g/mol. The predicted molar refractivity (Wildman–Crippen MR) is 84.5 cm³/mol. The minimum absolute atomic E-state index is 0.0206. The van der Waals surface area contributed by atoms with Gasteiger partial charge in [0, 0.05) is 28.5 Å². The van der Waals surface area contributed by atoms with Gasteiger partial charge in [0.05, 0.1) is 0 Å². The lowest BCUT2D eigenvalue weighted by Crippen LogP contribution is -2.40. The van der Waals surface area contributed by atoms with Crippen molar-refractivity contribution in [3.8, 4) is 0 Å². The molecule has 5 heteroatoms. The van der Waals surface area contributed by atoms with Crippen LogP contribution in [0.1, 0.15) is 40.0 Å². The Labute approximate surface area is 128 Å². The summed E-state index contributed by atoms with van der Waals surface area (Å²) in [6.45, 7) is 5.81. The summed E-state index contributed by atoms with van der Waals surface area (Å²) < 4.78 is 0.917. The fourth-order valence-electron chi connectivity index (χ4n) is 1.68. The van der Waals surface area contributed by atoms with Crippen LogP contribution in [0.25, 0.3) is 0 Å². The van der Waals surface area contributed by atoms with Crippen LogP contribution in [0.15, 0.2) is 28.7 Å². The van der Waals surface area contributed by atoms with E-state index < -0.39 is 0 Å². The van der Waals surface area contributed by atoms with Crippen LogP contribution in [0.5, 0.6) is 0 Å². The van der Waals surface area contributed by atoms with Crippen molar-refractivity contribution in [2.75, 3.05) is 5.32 Å². The number of carbonyl (C=O) groups excluding carboxylic acids is 2. The van der Waals surface area contributed by atoms with Gasteiger partial charge >= 0.3 is 0 Å². The molecule has 1 aromatic rings. The lowest BCUT2D eigenvalue weighted by molar-refractivity contribution is -0.122. The number of carbonyl (C=O) groups is 2. The highest BCUT2D eigenvalue weighted by Gasteiger charge is 2.13. The van der Waals surface area contributed by atoms with Gasteiger partial charge in [-0.3, -0.25) is 9.59 Å². The van der Waals surface area contributed by atoms with Gasteiger partial charge in [0.2, 0.25) is 11.8 Å². The van der Waals surface area contributed by atoms with Crippen molar-refractivity contribution >= 4 is 33.4 Å². The molecule has 0 aromatic heterocycles. The van der Waals surface area contributed by atoms with Gasteiger partial charge in [0.15, 0.2) is 0 Å². The largest absolute Gasteiger partial charge is 0.352 e. The van der Waals surface area contributed by atoms with Crippen molar-refractivity contribution in [1.29, 1.82) is 0 Å². The fourth-order valence-corrected chi connectivity index (χ4v) is 2.08. The van der Waals surface area contributed by atoms with Gasteiger partial charge in [-0.15, -0.1) is 0 Å². The van der Waals surface area contributed by atoms with Gasteiger partial charge in [-0.25, -0.2) is 0 Å². The Balaban J connectivity index is 2.29. The van der Waals surface area contributed by atoms with Crippen LogP contribution in [0.4, 0.5) is 5.69 Å². The van der Waals surface area contributed by atoms with Gasteiger partial charge < -0.3 is 10.6 Å². The van der Waals surface area contributed by atoms with Gasteiger partial charge in [-0.05, 0) is 45.4 Å². The fraction of sp³-hybridized carbons (Fsp3) is 0.467. The summed E-state index contributed by atoms with van der Waals surface area (Å²) in [7, 11) is 0. The molecule has 0 saturated heterocycles. The summed E-state index contributed by atoms with van der Waals surface area (Å²) in [5, 5.41) is 5.68. The summed E-state index contributed by atoms with van der Waals surface area (Å²) in [5.74, 6) is -0.0978. The molecule has 0 radical (unpaired) electrons. The van der Waals surface area contributed by atoms with Gasteiger partial charge in [0.25, 0.3) is 0 Å². The second kappa shape index (κ2) is 7.43. The molecule has 2 N–H and O–H groups in total. The van der Waals surface area contributed by atoms with E-state index in [2.05, 4.69) is 26.6 Å². The summed E-state index contributed by atoms with van der Waals surface area (Å²) in [5.41, 5.74) is 0.527. The van der Waals surface area contributed by atoms with Crippen LogP contribution in [0.2, 0.25) is 0 Å². The number of rotatable bonds is 5. The summed E-state index contributed by atoms with van der Waals surface area (Å²) in [6.07, 6.45) is 1.25. The van der Waals surface area contributed by atoms with Crippen molar-refractivity contribution in [2.45, 2.75) is 45.6 Å². The maximum absolute atomic E-state index is 11.7. The lowest BCUT2D eigenvalue weighted by Gasteiger charge is -2.20. The molecule has 4 nitrogen and oxygen atoms in total. The molecular formula is C15H21BrN2O2. The van der Waals surface area contributed by atoms with Crippen LogP contribution in [-0.4, -0.2) is 17.4 Å². The molecule has 0 aliphatic rings. The van der Waals surface area contributed by atoms with Crippen molar-refractivity contribution in [2.24, 2.45) is 0 Å². The second-order valence-electron chi connectivity index (χ2n) is 5.71. The van der Waals surface area contributed by atoms with E-state index in [1.165, 1.54) is 0 Å². The maximum Gasteiger partial charge on any atom is 0.224 e. The number of anilines is 1. The summed E-state index contributed by atoms with van der Waals surface area (Å²) >= 11 is 3.35. The lowest BCUT2D eigenvalue weighted by atomic mass is 10.1. The topological polar surface area (TPSA) is 58.2 Å². The minimum atomic E-state index is -0.227. The Morgan fingerprint density at radius 3 is 2.40 bits per heavy atom. The quantitative estimate of drug-likeness (QED) is 0.862. The highest BCUT2D eigenvalue weighted by atomic mass is 79.9. The zero-order chi connectivity index (χ0) is 15.2. The third-order valence-corrected chi connectivity index (χ3v) is 2.92. The van der Waals surface area contributed by atoms with Crippen molar-refractivity contribution in [1.82, 2.24) is 5.32 Å². The molecule has 110 valence electrons. The van der Waals surface area contributed by atoms with E-state index in [1.807, 2.05) is 45.0 Å². The van der Waals surface area contributed by atoms with Gasteiger partial charge in [0.1, 0.15) is 0 Å². The highest BCUT2D eigenvalue weighted by Crippen LogP contribution is 2.16. The smallest absolute Gasteiger partial charge is 0.224 e. The third kappa shape index (κ3) is 7.28. The second-order valence-corrected chi connectivity index (χ2v) is 6.63. The standard InChI is InChI=1S/C15H21BrN2O2/c1-15(2,3)18-14(20)9-5-8-13(19)17-12-7-4-6-11(16)10-12/h4,6-7,10H,5,8-9H2,1-3H3,(H,17,19)(H,18,20). The average molecular weight is 341 g/mol. The first-order chi connectivity index (χ1) is 9.26. The van der Waals surface area contributed by atoms with Crippen molar-refractivity contribution < 1.29 is 9.59 Å². The van der Waals surface area contributed by atoms with E-state index in [0.29, 0.717) is 19.3 Å². The van der Waals surface area contributed by atoms with E-state index in [-0.39, 0.29) is 17.4 Å². The Hall–Kier alpha value is -1.36. The highest BCUT2D eigenvalue weighted by molar-refractivity contribution is 9.10. The Morgan fingerprint density at radius 1 is 1.15 bits per heavy atom. The molecule has 0 saturated carbocycles. The summed E-state index contributed by atoms with van der Waals surface area (Å²) in [6, 6.07) is 7.42. The molecule has 0 spiro atoms. The first-order valence-electron chi connectivity index (χ1n) is 6.63. The van der Waals surface area contributed by atoms with E-state index in [4.69, 9.17) is 0 Å². The number of hydrogen-bond donors (Lipinski definition) is 2. The zero-order valence-electron chi connectivity index (χ0n) is 12.1. The number of halogens is 1. The SMILES string of the molecule is CC(C)(C)NC(=O)CCCC(=O)Nc1cccc(Br)c1. The molecule has 20 heavy (non-hydrogen) atoms. The number of nitrogens with one attached hydrogen (secondary N) is 2.